The Labute approximate surface area is 197 Å². The smallest absolute Gasteiger partial charge is 0.262 e. The fourth-order valence-electron chi connectivity index (χ4n) is 3.27. The highest BCUT2D eigenvalue weighted by Gasteiger charge is 2.17. The van der Waals surface area contributed by atoms with E-state index in [1.807, 2.05) is 61.5 Å². The van der Waals surface area contributed by atoms with Gasteiger partial charge in [-0.1, -0.05) is 65.7 Å². The molecule has 1 amide bonds. The minimum absolute atomic E-state index is 0.0133. The molecule has 0 aliphatic heterocycles. The van der Waals surface area contributed by atoms with Crippen molar-refractivity contribution in [3.63, 3.8) is 0 Å². The highest BCUT2D eigenvalue weighted by Crippen LogP contribution is 2.29. The number of benzene rings is 4. The van der Waals surface area contributed by atoms with Crippen molar-refractivity contribution < 1.29 is 17.9 Å². The molecule has 0 spiro atoms. The Morgan fingerprint density at radius 1 is 0.939 bits per heavy atom. The lowest BCUT2D eigenvalue weighted by Crippen LogP contribution is -2.20. The first-order valence-corrected chi connectivity index (χ1v) is 12.0. The topological polar surface area (TPSA) is 84.5 Å². The van der Waals surface area contributed by atoms with Crippen LogP contribution in [0.1, 0.15) is 5.56 Å². The van der Waals surface area contributed by atoms with Crippen LogP contribution in [0.5, 0.6) is 5.75 Å². The van der Waals surface area contributed by atoms with Crippen LogP contribution in [0.25, 0.3) is 10.8 Å². The lowest BCUT2D eigenvalue weighted by atomic mass is 10.1. The van der Waals surface area contributed by atoms with E-state index in [-0.39, 0.29) is 28.2 Å². The van der Waals surface area contributed by atoms with E-state index in [4.69, 9.17) is 16.3 Å². The van der Waals surface area contributed by atoms with Crippen LogP contribution in [0.2, 0.25) is 5.02 Å². The number of nitrogens with one attached hydrogen (secondary N) is 2. The molecule has 4 rings (SSSR count). The number of halogens is 1. The molecule has 2 N–H and O–H groups in total. The Balaban J connectivity index is 1.42. The van der Waals surface area contributed by atoms with Gasteiger partial charge in [-0.2, -0.15) is 0 Å². The molecule has 0 aromatic heterocycles. The van der Waals surface area contributed by atoms with Crippen molar-refractivity contribution >= 4 is 49.7 Å². The van der Waals surface area contributed by atoms with Gasteiger partial charge < -0.3 is 10.1 Å². The quantitative estimate of drug-likeness (QED) is 0.359. The lowest BCUT2D eigenvalue weighted by molar-refractivity contribution is -0.118. The third-order valence-corrected chi connectivity index (χ3v) is 6.61. The van der Waals surface area contributed by atoms with Crippen molar-refractivity contribution in [1.82, 2.24) is 0 Å². The maximum atomic E-state index is 12.7. The number of anilines is 2. The number of carbonyl (C=O) groups excluding carboxylic acids is 1. The first-order chi connectivity index (χ1) is 15.8. The van der Waals surface area contributed by atoms with Crippen LogP contribution in [-0.4, -0.2) is 20.9 Å². The molecule has 4 aromatic rings. The largest absolute Gasteiger partial charge is 0.482 e. The Kier molecular flexibility index (Phi) is 6.53. The summed E-state index contributed by atoms with van der Waals surface area (Å²) in [5.41, 5.74) is 2.14. The molecular formula is C25H21ClN2O4S. The van der Waals surface area contributed by atoms with E-state index in [0.29, 0.717) is 11.4 Å². The van der Waals surface area contributed by atoms with Gasteiger partial charge >= 0.3 is 0 Å². The van der Waals surface area contributed by atoms with Gasteiger partial charge in [0.05, 0.1) is 9.92 Å². The first kappa shape index (κ1) is 22.6. The van der Waals surface area contributed by atoms with Crippen molar-refractivity contribution in [3.8, 4) is 5.75 Å². The molecule has 33 heavy (non-hydrogen) atoms. The van der Waals surface area contributed by atoms with Crippen molar-refractivity contribution in [1.29, 1.82) is 0 Å². The molecule has 0 saturated carbocycles. The van der Waals surface area contributed by atoms with Gasteiger partial charge in [-0.05, 0) is 48.7 Å². The molecule has 0 bridgehead atoms. The summed E-state index contributed by atoms with van der Waals surface area (Å²) in [6.07, 6.45) is 0. The van der Waals surface area contributed by atoms with Crippen molar-refractivity contribution in [2.24, 2.45) is 0 Å². The van der Waals surface area contributed by atoms with Gasteiger partial charge in [0.25, 0.3) is 15.9 Å². The van der Waals surface area contributed by atoms with E-state index in [0.717, 1.165) is 16.3 Å². The Bertz CT molecular complexity index is 1420. The zero-order valence-corrected chi connectivity index (χ0v) is 19.3. The zero-order chi connectivity index (χ0) is 23.4. The van der Waals surface area contributed by atoms with Crippen LogP contribution in [0.3, 0.4) is 0 Å². The molecule has 168 valence electrons. The standard InChI is InChI=1S/C25H21ClN2O4S/c1-17-9-11-19(12-10-17)28-33(30,31)20-13-14-24(22(26)15-20)32-16-25(29)27-23-8-4-6-18-5-2-3-7-21(18)23/h2-15,28H,16H2,1H3,(H,27,29). The third-order valence-electron chi connectivity index (χ3n) is 4.94. The molecule has 0 aliphatic rings. The van der Waals surface area contributed by atoms with Gasteiger partial charge in [0.15, 0.2) is 6.61 Å². The van der Waals surface area contributed by atoms with Crippen molar-refractivity contribution in [2.75, 3.05) is 16.6 Å². The molecule has 6 nitrogen and oxygen atoms in total. The number of amides is 1. The van der Waals surface area contributed by atoms with Gasteiger partial charge in [0.1, 0.15) is 5.75 Å². The molecule has 0 heterocycles. The number of sulfonamides is 1. The molecule has 0 unspecified atom stereocenters. The van der Waals surface area contributed by atoms with Crippen LogP contribution >= 0.6 is 11.6 Å². The third kappa shape index (κ3) is 5.45. The monoisotopic (exact) mass is 480 g/mol. The molecule has 0 fully saturated rings. The number of hydrogen-bond donors (Lipinski definition) is 2. The summed E-state index contributed by atoms with van der Waals surface area (Å²) in [6, 6.07) is 24.4. The van der Waals surface area contributed by atoms with Crippen LogP contribution in [0.4, 0.5) is 11.4 Å². The van der Waals surface area contributed by atoms with Gasteiger partial charge in [0.2, 0.25) is 0 Å². The summed E-state index contributed by atoms with van der Waals surface area (Å²) in [6.45, 7) is 1.63. The number of ether oxygens (including phenoxy) is 1. The summed E-state index contributed by atoms with van der Waals surface area (Å²) < 4.78 is 33.3. The fourth-order valence-corrected chi connectivity index (χ4v) is 4.65. The summed E-state index contributed by atoms with van der Waals surface area (Å²) >= 11 is 6.23. The minimum atomic E-state index is -3.83. The lowest BCUT2D eigenvalue weighted by Gasteiger charge is -2.12. The number of aryl methyl sites for hydroxylation is 1. The first-order valence-electron chi connectivity index (χ1n) is 10.1. The second-order valence-corrected chi connectivity index (χ2v) is 9.52. The molecule has 0 atom stereocenters. The number of hydrogen-bond acceptors (Lipinski definition) is 4. The van der Waals surface area contributed by atoms with Crippen LogP contribution in [-0.2, 0) is 14.8 Å². The normalized spacial score (nSPS) is 11.2. The highest BCUT2D eigenvalue weighted by molar-refractivity contribution is 7.92. The van der Waals surface area contributed by atoms with E-state index in [9.17, 15) is 13.2 Å². The second-order valence-electron chi connectivity index (χ2n) is 7.43. The second kappa shape index (κ2) is 9.52. The molecule has 4 aromatic carbocycles. The SMILES string of the molecule is Cc1ccc(NS(=O)(=O)c2ccc(OCC(=O)Nc3cccc4ccccc34)c(Cl)c2)cc1. The predicted octanol–water partition coefficient (Wildman–Crippen LogP) is 5.62. The molecule has 0 aliphatic carbocycles. The Morgan fingerprint density at radius 2 is 1.67 bits per heavy atom. The van der Waals surface area contributed by atoms with E-state index < -0.39 is 10.0 Å². The minimum Gasteiger partial charge on any atom is -0.482 e. The van der Waals surface area contributed by atoms with Crippen LogP contribution in [0, 0.1) is 6.92 Å². The van der Waals surface area contributed by atoms with Crippen molar-refractivity contribution in [2.45, 2.75) is 11.8 Å². The van der Waals surface area contributed by atoms with Crippen LogP contribution < -0.4 is 14.8 Å². The van der Waals surface area contributed by atoms with Crippen molar-refractivity contribution in [3.05, 3.63) is 95.5 Å². The van der Waals surface area contributed by atoms with E-state index in [1.165, 1.54) is 18.2 Å². The zero-order valence-electron chi connectivity index (χ0n) is 17.7. The van der Waals surface area contributed by atoms with E-state index >= 15 is 0 Å². The predicted molar refractivity (Wildman–Crippen MR) is 132 cm³/mol. The number of fused-ring (bicyclic) bond motifs is 1. The van der Waals surface area contributed by atoms with Gasteiger partial charge in [-0.3, -0.25) is 9.52 Å². The Hall–Kier alpha value is -3.55. The average Bonchev–Trinajstić information content (AvgIpc) is 2.80. The highest BCUT2D eigenvalue weighted by atomic mass is 35.5. The molecule has 0 radical (unpaired) electrons. The summed E-state index contributed by atoms with van der Waals surface area (Å²) in [5.74, 6) is -0.154. The van der Waals surface area contributed by atoms with Gasteiger partial charge in [0, 0.05) is 16.8 Å². The maximum absolute atomic E-state index is 12.7. The van der Waals surface area contributed by atoms with E-state index in [2.05, 4.69) is 10.0 Å². The summed E-state index contributed by atoms with van der Waals surface area (Å²) in [5, 5.41) is 4.84. The van der Waals surface area contributed by atoms with E-state index in [1.54, 1.807) is 12.1 Å². The van der Waals surface area contributed by atoms with Gasteiger partial charge in [-0.15, -0.1) is 0 Å². The Morgan fingerprint density at radius 3 is 2.42 bits per heavy atom. The van der Waals surface area contributed by atoms with Gasteiger partial charge in [-0.25, -0.2) is 8.42 Å². The maximum Gasteiger partial charge on any atom is 0.262 e. The number of rotatable bonds is 7. The molecule has 8 heteroatoms. The summed E-state index contributed by atoms with van der Waals surface area (Å²) in [7, 11) is -3.83. The average molecular weight is 481 g/mol. The summed E-state index contributed by atoms with van der Waals surface area (Å²) in [4.78, 5) is 12.4. The van der Waals surface area contributed by atoms with Crippen LogP contribution in [0.15, 0.2) is 89.8 Å². The molecule has 0 saturated heterocycles. The molecular weight excluding hydrogens is 460 g/mol. The number of carbonyl (C=O) groups is 1. The fraction of sp³-hybridized carbons (Fsp3) is 0.0800.